The lowest BCUT2D eigenvalue weighted by molar-refractivity contribution is 0.111. The van der Waals surface area contributed by atoms with Crippen LogP contribution in [0, 0.1) is 6.92 Å². The lowest BCUT2D eigenvalue weighted by Gasteiger charge is -2.10. The Morgan fingerprint density at radius 2 is 2.41 bits per heavy atom. The predicted molar refractivity (Wildman–Crippen MR) is 66.9 cm³/mol. The Bertz CT molecular complexity index is 422. The van der Waals surface area contributed by atoms with Crippen molar-refractivity contribution >= 4 is 29.6 Å². The van der Waals surface area contributed by atoms with Gasteiger partial charge in [-0.3, -0.25) is 4.79 Å². The summed E-state index contributed by atoms with van der Waals surface area (Å²) in [5.41, 5.74) is 0.375. The number of nitrogens with zero attached hydrogens (tertiary/aromatic N) is 2. The van der Waals surface area contributed by atoms with Gasteiger partial charge in [0.15, 0.2) is 6.29 Å². The minimum absolute atomic E-state index is 0.224. The maximum absolute atomic E-state index is 10.9. The van der Waals surface area contributed by atoms with Crippen LogP contribution >= 0.6 is 23.4 Å². The van der Waals surface area contributed by atoms with Crippen molar-refractivity contribution in [3.8, 4) is 0 Å². The number of carbonyl (C=O) groups excluding carboxylic acids is 1. The summed E-state index contributed by atoms with van der Waals surface area (Å²) < 4.78 is 5.52. The molecule has 2 rings (SSSR count). The van der Waals surface area contributed by atoms with E-state index in [9.17, 15) is 4.79 Å². The summed E-state index contributed by atoms with van der Waals surface area (Å²) in [7, 11) is 0. The van der Waals surface area contributed by atoms with E-state index >= 15 is 0 Å². The summed E-state index contributed by atoms with van der Waals surface area (Å²) in [5.74, 6) is 1.38. The van der Waals surface area contributed by atoms with Crippen molar-refractivity contribution < 1.29 is 9.53 Å². The number of ether oxygens (including phenoxy) is 1. The normalized spacial score (nSPS) is 19.5. The number of carbonyl (C=O) groups is 1. The molecule has 0 amide bonds. The average Bonchev–Trinajstić information content (AvgIpc) is 2.78. The smallest absolute Gasteiger partial charge is 0.155 e. The van der Waals surface area contributed by atoms with Crippen LogP contribution in [0.25, 0.3) is 0 Å². The van der Waals surface area contributed by atoms with E-state index in [2.05, 4.69) is 9.97 Å². The molecule has 2 heterocycles. The third-order valence-electron chi connectivity index (χ3n) is 2.52. The fourth-order valence-corrected chi connectivity index (χ4v) is 3.10. The Morgan fingerprint density at radius 1 is 1.59 bits per heavy atom. The second kappa shape index (κ2) is 5.80. The highest BCUT2D eigenvalue weighted by Gasteiger charge is 2.18. The van der Waals surface area contributed by atoms with Crippen LogP contribution in [0.5, 0.6) is 0 Å². The van der Waals surface area contributed by atoms with Gasteiger partial charge in [-0.25, -0.2) is 9.97 Å². The highest BCUT2D eigenvalue weighted by molar-refractivity contribution is 7.99. The molecule has 0 N–H and O–H groups in total. The van der Waals surface area contributed by atoms with Crippen LogP contribution < -0.4 is 0 Å². The molecule has 4 nitrogen and oxygen atoms in total. The molecule has 1 fully saturated rings. The zero-order valence-corrected chi connectivity index (χ0v) is 11.1. The van der Waals surface area contributed by atoms with E-state index in [-0.39, 0.29) is 11.3 Å². The summed E-state index contributed by atoms with van der Waals surface area (Å²) in [6.45, 7) is 2.59. The highest BCUT2D eigenvalue weighted by Crippen LogP contribution is 2.27. The Morgan fingerprint density at radius 3 is 3.06 bits per heavy atom. The van der Waals surface area contributed by atoms with E-state index in [1.807, 2.05) is 0 Å². The molecule has 0 bridgehead atoms. The van der Waals surface area contributed by atoms with Gasteiger partial charge in [0, 0.05) is 12.4 Å². The molecule has 92 valence electrons. The number of rotatable bonds is 4. The third-order valence-corrected chi connectivity index (χ3v) is 3.93. The number of hydrogen-bond donors (Lipinski definition) is 0. The Hall–Kier alpha value is -0.650. The van der Waals surface area contributed by atoms with Gasteiger partial charge in [0.2, 0.25) is 0 Å². The zero-order valence-electron chi connectivity index (χ0n) is 9.48. The van der Waals surface area contributed by atoms with Crippen LogP contribution in [-0.4, -0.2) is 34.7 Å². The number of aromatic nitrogens is 2. The summed E-state index contributed by atoms with van der Waals surface area (Å²) in [6, 6.07) is 0. The van der Waals surface area contributed by atoms with Gasteiger partial charge >= 0.3 is 0 Å². The maximum atomic E-state index is 10.9. The third kappa shape index (κ3) is 3.18. The number of thioether (sulfide) groups is 1. The summed E-state index contributed by atoms with van der Waals surface area (Å²) in [4.78, 5) is 19.2. The van der Waals surface area contributed by atoms with E-state index in [0.29, 0.717) is 22.7 Å². The molecular weight excluding hydrogens is 260 g/mol. The topological polar surface area (TPSA) is 52.1 Å². The molecule has 1 aromatic heterocycles. The fourth-order valence-electron chi connectivity index (χ4n) is 1.68. The van der Waals surface area contributed by atoms with Crippen LogP contribution in [0.1, 0.15) is 29.0 Å². The zero-order chi connectivity index (χ0) is 12.3. The van der Waals surface area contributed by atoms with Gasteiger partial charge in [0.05, 0.1) is 11.7 Å². The number of halogens is 1. The van der Waals surface area contributed by atoms with Crippen molar-refractivity contribution in [1.29, 1.82) is 0 Å². The number of aryl methyl sites for hydroxylation is 1. The molecule has 0 radical (unpaired) electrons. The minimum Gasteiger partial charge on any atom is -0.377 e. The average molecular weight is 273 g/mol. The van der Waals surface area contributed by atoms with Gasteiger partial charge in [-0.1, -0.05) is 11.6 Å². The van der Waals surface area contributed by atoms with E-state index < -0.39 is 0 Å². The van der Waals surface area contributed by atoms with Crippen LogP contribution in [0.4, 0.5) is 0 Å². The first-order chi connectivity index (χ1) is 8.20. The van der Waals surface area contributed by atoms with Crippen molar-refractivity contribution in [2.75, 3.05) is 12.4 Å². The van der Waals surface area contributed by atoms with Gasteiger partial charge in [-0.15, -0.1) is 11.8 Å². The van der Waals surface area contributed by atoms with Crippen molar-refractivity contribution in [3.05, 3.63) is 16.5 Å². The summed E-state index contributed by atoms with van der Waals surface area (Å²) in [6.07, 6.45) is 3.14. The van der Waals surface area contributed by atoms with Crippen LogP contribution in [0.3, 0.4) is 0 Å². The molecule has 0 saturated carbocycles. The van der Waals surface area contributed by atoms with Gasteiger partial charge in [-0.05, 0) is 19.8 Å². The number of aldehydes is 1. The SMILES string of the molecule is Cc1nc(Cl)c(C=O)c(SCC2CCCO2)n1. The van der Waals surface area contributed by atoms with E-state index in [1.54, 1.807) is 6.92 Å². The lowest BCUT2D eigenvalue weighted by Crippen LogP contribution is -2.09. The van der Waals surface area contributed by atoms with Gasteiger partial charge in [0.1, 0.15) is 16.0 Å². The molecule has 0 aliphatic carbocycles. The van der Waals surface area contributed by atoms with E-state index in [1.165, 1.54) is 11.8 Å². The Labute approximate surface area is 109 Å². The highest BCUT2D eigenvalue weighted by atomic mass is 35.5. The quantitative estimate of drug-likeness (QED) is 0.479. The van der Waals surface area contributed by atoms with Gasteiger partial charge < -0.3 is 4.74 Å². The molecule has 1 aromatic rings. The largest absolute Gasteiger partial charge is 0.377 e. The van der Waals surface area contributed by atoms with Crippen LogP contribution in [0.2, 0.25) is 5.15 Å². The molecule has 0 spiro atoms. The number of hydrogen-bond acceptors (Lipinski definition) is 5. The Balaban J connectivity index is 2.10. The molecule has 0 aromatic carbocycles. The Kier molecular flexibility index (Phi) is 4.36. The minimum atomic E-state index is 0.224. The molecular formula is C11H13ClN2O2S. The van der Waals surface area contributed by atoms with Crippen molar-refractivity contribution in [3.63, 3.8) is 0 Å². The van der Waals surface area contributed by atoms with Crippen LogP contribution in [0.15, 0.2) is 5.03 Å². The van der Waals surface area contributed by atoms with Crippen molar-refractivity contribution in [1.82, 2.24) is 9.97 Å². The van der Waals surface area contributed by atoms with Crippen molar-refractivity contribution in [2.45, 2.75) is 30.9 Å². The van der Waals surface area contributed by atoms with E-state index in [0.717, 1.165) is 25.2 Å². The second-order valence-corrected chi connectivity index (χ2v) is 5.21. The van der Waals surface area contributed by atoms with Crippen molar-refractivity contribution in [2.24, 2.45) is 0 Å². The maximum Gasteiger partial charge on any atom is 0.155 e. The molecule has 1 atom stereocenters. The molecule has 1 unspecified atom stereocenters. The molecule has 17 heavy (non-hydrogen) atoms. The lowest BCUT2D eigenvalue weighted by atomic mass is 10.3. The first kappa shape index (κ1) is 12.8. The van der Waals surface area contributed by atoms with E-state index in [4.69, 9.17) is 16.3 Å². The predicted octanol–water partition coefficient (Wildman–Crippen LogP) is 2.52. The summed E-state index contributed by atoms with van der Waals surface area (Å²) in [5, 5.41) is 0.871. The molecule has 1 aliphatic heterocycles. The molecule has 1 saturated heterocycles. The summed E-state index contributed by atoms with van der Waals surface area (Å²) >= 11 is 7.41. The monoisotopic (exact) mass is 272 g/mol. The van der Waals surface area contributed by atoms with Gasteiger partial charge in [-0.2, -0.15) is 0 Å². The molecule has 6 heteroatoms. The molecule has 1 aliphatic rings. The van der Waals surface area contributed by atoms with Crippen LogP contribution in [-0.2, 0) is 4.74 Å². The standard InChI is InChI=1S/C11H13ClN2O2S/c1-7-13-10(12)9(5-15)11(14-7)17-6-8-3-2-4-16-8/h5,8H,2-4,6H2,1H3. The van der Waals surface area contributed by atoms with Gasteiger partial charge in [0.25, 0.3) is 0 Å². The first-order valence-electron chi connectivity index (χ1n) is 5.44. The first-order valence-corrected chi connectivity index (χ1v) is 6.81. The fraction of sp³-hybridized carbons (Fsp3) is 0.545. The second-order valence-electron chi connectivity index (χ2n) is 3.84.